The first-order valence-electron chi connectivity index (χ1n) is 8.64. The third-order valence-electron chi connectivity index (χ3n) is 4.14. The molecule has 0 bridgehead atoms. The van der Waals surface area contributed by atoms with Crippen LogP contribution in [0.2, 0.25) is 0 Å². The molecule has 1 heterocycles. The fourth-order valence-corrected chi connectivity index (χ4v) is 3.59. The number of carbonyl (C=O) groups excluding carboxylic acids is 2. The Morgan fingerprint density at radius 2 is 1.69 bits per heavy atom. The minimum absolute atomic E-state index is 0.0763. The average Bonchev–Trinajstić information content (AvgIpc) is 2.69. The summed E-state index contributed by atoms with van der Waals surface area (Å²) in [5, 5.41) is 2.64. The molecule has 0 saturated carbocycles. The van der Waals surface area contributed by atoms with Crippen LogP contribution in [0.25, 0.3) is 0 Å². The molecule has 0 aromatic heterocycles. The first kappa shape index (κ1) is 18.5. The second-order valence-corrected chi connectivity index (χ2v) is 7.43. The number of nitrogens with zero attached hydrogens (tertiary/aromatic N) is 1. The number of benzene rings is 2. The summed E-state index contributed by atoms with van der Waals surface area (Å²) in [6.45, 7) is 4.10. The highest BCUT2D eigenvalue weighted by Gasteiger charge is 2.22. The van der Waals surface area contributed by atoms with Crippen LogP contribution in [0.4, 0.5) is 5.69 Å². The van der Waals surface area contributed by atoms with Gasteiger partial charge < -0.3 is 15.0 Å². The zero-order valence-electron chi connectivity index (χ0n) is 14.7. The van der Waals surface area contributed by atoms with Crippen molar-refractivity contribution >= 4 is 29.3 Å². The molecule has 6 heteroatoms. The molecule has 1 N–H and O–H groups in total. The fraction of sp³-hybridized carbons (Fsp3) is 0.300. The third kappa shape index (κ3) is 4.65. The van der Waals surface area contributed by atoms with Crippen molar-refractivity contribution in [3.05, 3.63) is 60.2 Å². The number of thioether (sulfide) groups is 1. The van der Waals surface area contributed by atoms with Crippen molar-refractivity contribution in [1.29, 1.82) is 0 Å². The lowest BCUT2D eigenvalue weighted by atomic mass is 10.1. The van der Waals surface area contributed by atoms with Gasteiger partial charge in [-0.15, -0.1) is 11.8 Å². The van der Waals surface area contributed by atoms with Crippen LogP contribution in [0.3, 0.4) is 0 Å². The van der Waals surface area contributed by atoms with Gasteiger partial charge in [0.05, 0.1) is 29.7 Å². The maximum absolute atomic E-state index is 12.8. The van der Waals surface area contributed by atoms with Gasteiger partial charge in [0.2, 0.25) is 5.91 Å². The van der Waals surface area contributed by atoms with Gasteiger partial charge in [0.15, 0.2) is 0 Å². The molecule has 2 aromatic carbocycles. The summed E-state index contributed by atoms with van der Waals surface area (Å²) in [6.07, 6.45) is 0. The number of ether oxygens (including phenoxy) is 1. The molecule has 1 fully saturated rings. The molecule has 0 radical (unpaired) electrons. The lowest BCUT2D eigenvalue weighted by Gasteiger charge is -2.27. The van der Waals surface area contributed by atoms with E-state index in [-0.39, 0.29) is 17.1 Å². The van der Waals surface area contributed by atoms with Crippen molar-refractivity contribution < 1.29 is 14.3 Å². The van der Waals surface area contributed by atoms with Gasteiger partial charge in [-0.05, 0) is 31.2 Å². The van der Waals surface area contributed by atoms with E-state index in [4.69, 9.17) is 4.74 Å². The van der Waals surface area contributed by atoms with Gasteiger partial charge in [-0.25, -0.2) is 0 Å². The molecule has 0 unspecified atom stereocenters. The molecule has 136 valence electrons. The number of nitrogens with one attached hydrogen (secondary N) is 1. The van der Waals surface area contributed by atoms with Crippen molar-refractivity contribution in [3.8, 4) is 0 Å². The fourth-order valence-electron chi connectivity index (χ4n) is 2.71. The van der Waals surface area contributed by atoms with Gasteiger partial charge in [0, 0.05) is 18.0 Å². The number of amides is 2. The van der Waals surface area contributed by atoms with Crippen LogP contribution in [-0.2, 0) is 9.53 Å². The summed E-state index contributed by atoms with van der Waals surface area (Å²) in [6, 6.07) is 16.9. The highest BCUT2D eigenvalue weighted by molar-refractivity contribution is 8.00. The summed E-state index contributed by atoms with van der Waals surface area (Å²) >= 11 is 1.49. The first-order valence-corrected chi connectivity index (χ1v) is 9.52. The predicted molar refractivity (Wildman–Crippen MR) is 104 cm³/mol. The van der Waals surface area contributed by atoms with Crippen molar-refractivity contribution in [2.45, 2.75) is 17.1 Å². The van der Waals surface area contributed by atoms with E-state index in [2.05, 4.69) is 5.32 Å². The van der Waals surface area contributed by atoms with Gasteiger partial charge in [-0.3, -0.25) is 9.59 Å². The van der Waals surface area contributed by atoms with Crippen molar-refractivity contribution in [2.24, 2.45) is 0 Å². The molecule has 0 spiro atoms. The van der Waals surface area contributed by atoms with Crippen molar-refractivity contribution in [1.82, 2.24) is 4.90 Å². The molecule has 1 aliphatic heterocycles. The van der Waals surface area contributed by atoms with E-state index in [0.29, 0.717) is 37.6 Å². The highest BCUT2D eigenvalue weighted by Crippen LogP contribution is 2.25. The summed E-state index contributed by atoms with van der Waals surface area (Å²) in [4.78, 5) is 28.2. The number of para-hydroxylation sites is 1. The Balaban J connectivity index is 1.69. The second-order valence-electron chi connectivity index (χ2n) is 6.01. The maximum atomic E-state index is 12.8. The first-order chi connectivity index (χ1) is 12.6. The second kappa shape index (κ2) is 8.87. The zero-order chi connectivity index (χ0) is 18.4. The molecule has 1 aliphatic rings. The number of hydrogen-bond acceptors (Lipinski definition) is 4. The predicted octanol–water partition coefficient (Wildman–Crippen LogP) is 3.28. The Kier molecular flexibility index (Phi) is 6.30. The summed E-state index contributed by atoms with van der Waals surface area (Å²) in [5.74, 6) is -0.200. The van der Waals surface area contributed by atoms with E-state index in [1.165, 1.54) is 11.8 Å². The summed E-state index contributed by atoms with van der Waals surface area (Å²) < 4.78 is 5.30. The topological polar surface area (TPSA) is 58.6 Å². The Bertz CT molecular complexity index is 761. The van der Waals surface area contributed by atoms with Gasteiger partial charge in [0.25, 0.3) is 5.91 Å². The van der Waals surface area contributed by atoms with Crippen LogP contribution >= 0.6 is 11.8 Å². The normalized spacial score (nSPS) is 15.3. The highest BCUT2D eigenvalue weighted by atomic mass is 32.2. The van der Waals surface area contributed by atoms with E-state index in [9.17, 15) is 9.59 Å². The molecule has 0 aliphatic carbocycles. The van der Waals surface area contributed by atoms with Crippen LogP contribution in [0, 0.1) is 0 Å². The third-order valence-corrected chi connectivity index (χ3v) is 5.25. The van der Waals surface area contributed by atoms with Gasteiger partial charge in [-0.2, -0.15) is 0 Å². The molecule has 2 aromatic rings. The summed E-state index contributed by atoms with van der Waals surface area (Å²) in [5.41, 5.74) is 1.06. The standard InChI is InChI=1S/C20H22N2O3S/c1-15(26-16-7-3-2-4-8-16)19(23)21-18-10-6-5-9-17(18)20(24)22-11-13-25-14-12-22/h2-10,15H,11-14H2,1H3,(H,21,23)/t15-/m0/s1. The smallest absolute Gasteiger partial charge is 0.256 e. The Hall–Kier alpha value is -2.31. The van der Waals surface area contributed by atoms with E-state index < -0.39 is 0 Å². The van der Waals surface area contributed by atoms with Crippen LogP contribution in [0.15, 0.2) is 59.5 Å². The SMILES string of the molecule is C[C@H](Sc1ccccc1)C(=O)Nc1ccccc1C(=O)N1CCOCC1. The Morgan fingerprint density at radius 3 is 2.42 bits per heavy atom. The minimum atomic E-state index is -0.274. The van der Waals surface area contributed by atoms with E-state index in [0.717, 1.165) is 4.90 Å². The molecular weight excluding hydrogens is 348 g/mol. The largest absolute Gasteiger partial charge is 0.378 e. The van der Waals surface area contributed by atoms with Crippen LogP contribution < -0.4 is 5.32 Å². The number of carbonyl (C=O) groups is 2. The van der Waals surface area contributed by atoms with E-state index >= 15 is 0 Å². The van der Waals surface area contributed by atoms with Crippen molar-refractivity contribution in [3.63, 3.8) is 0 Å². The zero-order valence-corrected chi connectivity index (χ0v) is 15.5. The quantitative estimate of drug-likeness (QED) is 0.821. The summed E-state index contributed by atoms with van der Waals surface area (Å²) in [7, 11) is 0. The lowest BCUT2D eigenvalue weighted by Crippen LogP contribution is -2.41. The maximum Gasteiger partial charge on any atom is 0.256 e. The minimum Gasteiger partial charge on any atom is -0.378 e. The van der Waals surface area contributed by atoms with Crippen LogP contribution in [0.5, 0.6) is 0 Å². The molecule has 2 amide bonds. The molecular formula is C20H22N2O3S. The van der Waals surface area contributed by atoms with Crippen LogP contribution in [-0.4, -0.2) is 48.3 Å². The lowest BCUT2D eigenvalue weighted by molar-refractivity contribution is -0.115. The van der Waals surface area contributed by atoms with E-state index in [1.54, 1.807) is 17.0 Å². The van der Waals surface area contributed by atoms with Crippen LogP contribution in [0.1, 0.15) is 17.3 Å². The van der Waals surface area contributed by atoms with E-state index in [1.807, 2.05) is 49.4 Å². The molecule has 3 rings (SSSR count). The molecule has 1 saturated heterocycles. The molecule has 5 nitrogen and oxygen atoms in total. The Labute approximate surface area is 157 Å². The monoisotopic (exact) mass is 370 g/mol. The van der Waals surface area contributed by atoms with Gasteiger partial charge in [0.1, 0.15) is 0 Å². The Morgan fingerprint density at radius 1 is 1.04 bits per heavy atom. The number of rotatable bonds is 5. The molecule has 1 atom stereocenters. The average molecular weight is 370 g/mol. The van der Waals surface area contributed by atoms with Gasteiger partial charge >= 0.3 is 0 Å². The van der Waals surface area contributed by atoms with Crippen molar-refractivity contribution in [2.75, 3.05) is 31.6 Å². The number of hydrogen-bond donors (Lipinski definition) is 1. The van der Waals surface area contributed by atoms with Gasteiger partial charge in [-0.1, -0.05) is 30.3 Å². The number of anilines is 1. The number of morpholine rings is 1. The molecule has 26 heavy (non-hydrogen) atoms.